The summed E-state index contributed by atoms with van der Waals surface area (Å²) in [5.74, 6) is -0.470. The normalized spacial score (nSPS) is 11.6. The lowest BCUT2D eigenvalue weighted by Gasteiger charge is -2.21. The van der Waals surface area contributed by atoms with Crippen molar-refractivity contribution in [1.82, 2.24) is 14.9 Å². The van der Waals surface area contributed by atoms with E-state index in [9.17, 15) is 13.2 Å². The van der Waals surface area contributed by atoms with Crippen LogP contribution >= 0.6 is 11.3 Å². The maximum absolute atomic E-state index is 12.4. The highest BCUT2D eigenvalue weighted by molar-refractivity contribution is 7.91. The predicted octanol–water partition coefficient (Wildman–Crippen LogP) is 2.46. The highest BCUT2D eigenvalue weighted by Crippen LogP contribution is 2.21. The first-order chi connectivity index (χ1) is 12.8. The van der Waals surface area contributed by atoms with Gasteiger partial charge in [-0.1, -0.05) is 37.3 Å². The van der Waals surface area contributed by atoms with Gasteiger partial charge in [0.25, 0.3) is 10.0 Å². The summed E-state index contributed by atoms with van der Waals surface area (Å²) in [6, 6.07) is 7.73. The smallest absolute Gasteiger partial charge is 0.270 e. The molecular formula is C17H25N5O3S2. The molecule has 2 rings (SSSR count). The Labute approximate surface area is 164 Å². The Kier molecular flexibility index (Phi) is 7.28. The molecule has 2 N–H and O–H groups in total. The zero-order valence-corrected chi connectivity index (χ0v) is 17.5. The third-order valence-corrected chi connectivity index (χ3v) is 6.53. The molecule has 0 radical (unpaired) electrons. The summed E-state index contributed by atoms with van der Waals surface area (Å²) in [6.45, 7) is 9.62. The van der Waals surface area contributed by atoms with Gasteiger partial charge in [-0.15, -0.1) is 10.2 Å². The molecule has 1 amide bonds. The minimum Gasteiger partial charge on any atom is -0.372 e. The molecule has 8 nitrogen and oxygen atoms in total. The van der Waals surface area contributed by atoms with E-state index in [1.54, 1.807) is 13.8 Å². The van der Waals surface area contributed by atoms with E-state index in [1.165, 1.54) is 0 Å². The van der Waals surface area contributed by atoms with Crippen molar-refractivity contribution in [1.29, 1.82) is 0 Å². The van der Waals surface area contributed by atoms with Crippen molar-refractivity contribution >= 4 is 38.1 Å². The molecule has 0 bridgehead atoms. The first-order valence-electron chi connectivity index (χ1n) is 8.74. The van der Waals surface area contributed by atoms with Gasteiger partial charge in [0.05, 0.1) is 0 Å². The number of nitrogens with zero attached hydrogens (tertiary/aromatic N) is 3. The fraction of sp³-hybridized carbons (Fsp3) is 0.471. The van der Waals surface area contributed by atoms with Crippen molar-refractivity contribution in [2.75, 3.05) is 23.3 Å². The average Bonchev–Trinajstić information content (AvgIpc) is 3.11. The van der Waals surface area contributed by atoms with E-state index in [-0.39, 0.29) is 27.8 Å². The predicted molar refractivity (Wildman–Crippen MR) is 107 cm³/mol. The zero-order chi connectivity index (χ0) is 20.0. The van der Waals surface area contributed by atoms with E-state index in [1.807, 2.05) is 24.3 Å². The summed E-state index contributed by atoms with van der Waals surface area (Å²) >= 11 is 0.822. The summed E-state index contributed by atoms with van der Waals surface area (Å²) in [6.07, 6.45) is 0. The highest BCUT2D eigenvalue weighted by atomic mass is 32.2. The molecule has 1 heterocycles. The quantitative estimate of drug-likeness (QED) is 0.614. The van der Waals surface area contributed by atoms with Crippen LogP contribution in [0.1, 0.15) is 33.3 Å². The Bertz CT molecular complexity index is 859. The van der Waals surface area contributed by atoms with Gasteiger partial charge in [-0.3, -0.25) is 4.79 Å². The third kappa shape index (κ3) is 5.72. The average molecular weight is 412 g/mol. The molecule has 0 aliphatic rings. The van der Waals surface area contributed by atoms with Crippen LogP contribution in [0, 0.1) is 5.92 Å². The standard InChI is InChI=1S/C17H25N5O3S2/c1-5-22(6-2)14-9-7-13(8-10-14)11-18-27(24,25)17-21-20-16(26-17)19-15(23)12(3)4/h7-10,12,18H,5-6,11H2,1-4H3,(H,19,20,23). The summed E-state index contributed by atoms with van der Waals surface area (Å²) in [5.41, 5.74) is 1.94. The number of carbonyl (C=O) groups excluding carboxylic acids is 1. The van der Waals surface area contributed by atoms with Crippen LogP contribution in [0.4, 0.5) is 10.8 Å². The molecule has 1 aromatic carbocycles. The maximum Gasteiger partial charge on any atom is 0.270 e. The lowest BCUT2D eigenvalue weighted by molar-refractivity contribution is -0.118. The van der Waals surface area contributed by atoms with Crippen molar-refractivity contribution in [3.8, 4) is 0 Å². The molecule has 0 aliphatic carbocycles. The van der Waals surface area contributed by atoms with Gasteiger partial charge in [0.1, 0.15) is 0 Å². The van der Waals surface area contributed by atoms with E-state index in [0.29, 0.717) is 0 Å². The summed E-state index contributed by atoms with van der Waals surface area (Å²) in [5, 5.41) is 10.1. The minimum absolute atomic E-state index is 0.147. The molecule has 27 heavy (non-hydrogen) atoms. The number of hydrogen-bond donors (Lipinski definition) is 2. The Balaban J connectivity index is 2.00. The molecule has 0 spiro atoms. The highest BCUT2D eigenvalue weighted by Gasteiger charge is 2.21. The van der Waals surface area contributed by atoms with Crippen molar-refractivity contribution in [3.05, 3.63) is 29.8 Å². The summed E-state index contributed by atoms with van der Waals surface area (Å²) < 4.78 is 27.1. The number of hydrogen-bond acceptors (Lipinski definition) is 7. The molecule has 10 heteroatoms. The van der Waals surface area contributed by atoms with Gasteiger partial charge in [-0.2, -0.15) is 0 Å². The summed E-state index contributed by atoms with van der Waals surface area (Å²) in [7, 11) is -3.80. The number of carbonyl (C=O) groups is 1. The van der Waals surface area contributed by atoms with E-state index in [2.05, 4.69) is 39.0 Å². The van der Waals surface area contributed by atoms with Crippen LogP contribution in [0.2, 0.25) is 0 Å². The van der Waals surface area contributed by atoms with E-state index in [0.717, 1.165) is 35.7 Å². The van der Waals surface area contributed by atoms with Crippen molar-refractivity contribution in [2.45, 2.75) is 38.6 Å². The largest absolute Gasteiger partial charge is 0.372 e. The first-order valence-corrected chi connectivity index (χ1v) is 11.0. The van der Waals surface area contributed by atoms with Gasteiger partial charge in [0, 0.05) is 31.2 Å². The molecule has 0 unspecified atom stereocenters. The zero-order valence-electron chi connectivity index (χ0n) is 15.9. The molecule has 2 aromatic rings. The Morgan fingerprint density at radius 2 is 1.78 bits per heavy atom. The van der Waals surface area contributed by atoms with E-state index >= 15 is 0 Å². The molecule has 0 atom stereocenters. The molecule has 1 aromatic heterocycles. The third-order valence-electron chi connectivity index (χ3n) is 3.92. The van der Waals surface area contributed by atoms with Crippen LogP contribution in [-0.2, 0) is 21.4 Å². The van der Waals surface area contributed by atoms with Crippen molar-refractivity contribution in [2.24, 2.45) is 5.92 Å². The van der Waals surface area contributed by atoms with Gasteiger partial charge in [0.15, 0.2) is 0 Å². The van der Waals surface area contributed by atoms with Crippen LogP contribution in [0.15, 0.2) is 28.6 Å². The Morgan fingerprint density at radius 1 is 1.15 bits per heavy atom. The summed E-state index contributed by atoms with van der Waals surface area (Å²) in [4.78, 5) is 13.9. The molecule has 0 aliphatic heterocycles. The molecule has 0 fully saturated rings. The van der Waals surface area contributed by atoms with Gasteiger partial charge in [-0.05, 0) is 31.5 Å². The number of aromatic nitrogens is 2. The SMILES string of the molecule is CCN(CC)c1ccc(CNS(=O)(=O)c2nnc(NC(=O)C(C)C)s2)cc1. The second kappa shape index (κ2) is 9.25. The number of benzene rings is 1. The van der Waals surface area contributed by atoms with E-state index < -0.39 is 10.0 Å². The van der Waals surface area contributed by atoms with Crippen molar-refractivity contribution < 1.29 is 13.2 Å². The van der Waals surface area contributed by atoms with Crippen LogP contribution < -0.4 is 14.9 Å². The van der Waals surface area contributed by atoms with Gasteiger partial charge in [-0.25, -0.2) is 13.1 Å². The fourth-order valence-corrected chi connectivity index (χ4v) is 4.23. The van der Waals surface area contributed by atoms with Gasteiger partial charge < -0.3 is 10.2 Å². The van der Waals surface area contributed by atoms with Crippen molar-refractivity contribution in [3.63, 3.8) is 0 Å². The van der Waals surface area contributed by atoms with Crippen LogP contribution in [0.5, 0.6) is 0 Å². The van der Waals surface area contributed by atoms with Gasteiger partial charge in [0.2, 0.25) is 15.4 Å². The topological polar surface area (TPSA) is 104 Å². The number of nitrogens with one attached hydrogen (secondary N) is 2. The van der Waals surface area contributed by atoms with Crippen LogP contribution in [0.25, 0.3) is 0 Å². The van der Waals surface area contributed by atoms with Crippen LogP contribution in [0.3, 0.4) is 0 Å². The number of amides is 1. The van der Waals surface area contributed by atoms with E-state index in [4.69, 9.17) is 0 Å². The lowest BCUT2D eigenvalue weighted by Crippen LogP contribution is -2.23. The molecule has 148 valence electrons. The number of anilines is 2. The molecule has 0 saturated heterocycles. The van der Waals surface area contributed by atoms with Crippen LogP contribution in [-0.4, -0.2) is 37.6 Å². The fourth-order valence-electron chi connectivity index (χ4n) is 2.27. The maximum atomic E-state index is 12.4. The van der Waals surface area contributed by atoms with Gasteiger partial charge >= 0.3 is 0 Å². The number of sulfonamides is 1. The Morgan fingerprint density at radius 3 is 2.33 bits per heavy atom. The Hall–Kier alpha value is -2.04. The monoisotopic (exact) mass is 411 g/mol. The second-order valence-corrected chi connectivity index (χ2v) is 9.10. The first kappa shape index (κ1) is 21.3. The number of rotatable bonds is 9. The molecular weight excluding hydrogens is 386 g/mol. The molecule has 0 saturated carbocycles. The minimum atomic E-state index is -3.80. The lowest BCUT2D eigenvalue weighted by atomic mass is 10.2. The second-order valence-electron chi connectivity index (χ2n) is 6.18.